The SMILES string of the molecule is N#CCc1ccc(NC(=O)N2CCN(c3ncccc3C(=O)NCc3cccs3)CC2)cc1. The van der Waals surface area contributed by atoms with Gasteiger partial charge in [-0.3, -0.25) is 4.79 Å². The Morgan fingerprint density at radius 3 is 2.55 bits per heavy atom. The van der Waals surface area contributed by atoms with E-state index in [-0.39, 0.29) is 11.9 Å². The van der Waals surface area contributed by atoms with E-state index in [2.05, 4.69) is 21.7 Å². The number of hydrogen-bond donors (Lipinski definition) is 2. The lowest BCUT2D eigenvalue weighted by Crippen LogP contribution is -2.50. The lowest BCUT2D eigenvalue weighted by atomic mass is 10.1. The van der Waals surface area contributed by atoms with Crippen molar-refractivity contribution < 1.29 is 9.59 Å². The number of benzene rings is 1. The molecule has 3 amide bonds. The smallest absolute Gasteiger partial charge is 0.321 e. The van der Waals surface area contributed by atoms with Crippen molar-refractivity contribution in [3.8, 4) is 6.07 Å². The number of thiophene rings is 1. The average Bonchev–Trinajstić information content (AvgIpc) is 3.38. The summed E-state index contributed by atoms with van der Waals surface area (Å²) in [6, 6.07) is 16.7. The van der Waals surface area contributed by atoms with E-state index in [4.69, 9.17) is 5.26 Å². The van der Waals surface area contributed by atoms with Crippen molar-refractivity contribution in [2.24, 2.45) is 0 Å². The van der Waals surface area contributed by atoms with Gasteiger partial charge in [0.25, 0.3) is 5.91 Å². The zero-order valence-electron chi connectivity index (χ0n) is 18.0. The molecule has 33 heavy (non-hydrogen) atoms. The molecule has 1 aliphatic heterocycles. The molecule has 0 saturated carbocycles. The number of nitrogens with one attached hydrogen (secondary N) is 2. The molecule has 0 radical (unpaired) electrons. The maximum atomic E-state index is 12.8. The van der Waals surface area contributed by atoms with Crippen LogP contribution < -0.4 is 15.5 Å². The van der Waals surface area contributed by atoms with Crippen molar-refractivity contribution in [1.29, 1.82) is 5.26 Å². The Kier molecular flexibility index (Phi) is 7.17. The molecule has 0 spiro atoms. The van der Waals surface area contributed by atoms with Crippen LogP contribution in [-0.2, 0) is 13.0 Å². The summed E-state index contributed by atoms with van der Waals surface area (Å²) < 4.78 is 0. The van der Waals surface area contributed by atoms with E-state index in [9.17, 15) is 9.59 Å². The van der Waals surface area contributed by atoms with Gasteiger partial charge in [0.2, 0.25) is 0 Å². The molecule has 1 aliphatic rings. The van der Waals surface area contributed by atoms with Crippen LogP contribution in [0.4, 0.5) is 16.3 Å². The molecule has 1 saturated heterocycles. The second-order valence-corrected chi connectivity index (χ2v) is 8.60. The van der Waals surface area contributed by atoms with E-state index in [0.29, 0.717) is 56.2 Å². The van der Waals surface area contributed by atoms with Gasteiger partial charge in [0.15, 0.2) is 0 Å². The molecule has 0 atom stereocenters. The minimum atomic E-state index is -0.169. The molecule has 3 heterocycles. The molecule has 1 aromatic carbocycles. The highest BCUT2D eigenvalue weighted by atomic mass is 32.1. The number of anilines is 2. The van der Waals surface area contributed by atoms with Gasteiger partial charge in [-0.15, -0.1) is 11.3 Å². The summed E-state index contributed by atoms with van der Waals surface area (Å²) >= 11 is 1.60. The third kappa shape index (κ3) is 5.67. The van der Waals surface area contributed by atoms with Crippen LogP contribution in [0.15, 0.2) is 60.1 Å². The number of urea groups is 1. The second-order valence-electron chi connectivity index (χ2n) is 7.57. The van der Waals surface area contributed by atoms with Crippen molar-refractivity contribution in [3.05, 3.63) is 76.1 Å². The fourth-order valence-electron chi connectivity index (χ4n) is 3.62. The standard InChI is InChI=1S/C24H24N6O2S/c25-10-9-18-5-7-19(8-6-18)28-24(32)30-14-12-29(13-15-30)22-21(4-1-11-26-22)23(31)27-17-20-3-2-16-33-20/h1-8,11,16H,9,12-15,17H2,(H,27,31)(H,28,32). The van der Waals surface area contributed by atoms with Crippen LogP contribution in [0.3, 0.4) is 0 Å². The Morgan fingerprint density at radius 2 is 1.85 bits per heavy atom. The number of hydrogen-bond acceptors (Lipinski definition) is 6. The molecular formula is C24H24N6O2S. The number of carbonyl (C=O) groups is 2. The maximum absolute atomic E-state index is 12.8. The van der Waals surface area contributed by atoms with Crippen LogP contribution >= 0.6 is 11.3 Å². The fourth-order valence-corrected chi connectivity index (χ4v) is 4.27. The summed E-state index contributed by atoms with van der Waals surface area (Å²) in [6.07, 6.45) is 2.03. The third-order valence-electron chi connectivity index (χ3n) is 5.39. The zero-order chi connectivity index (χ0) is 23.0. The monoisotopic (exact) mass is 460 g/mol. The van der Waals surface area contributed by atoms with Gasteiger partial charge in [-0.1, -0.05) is 18.2 Å². The lowest BCUT2D eigenvalue weighted by molar-refractivity contribution is 0.0951. The number of nitrogens with zero attached hydrogens (tertiary/aromatic N) is 4. The highest BCUT2D eigenvalue weighted by Gasteiger charge is 2.25. The number of pyridine rings is 1. The first-order chi connectivity index (χ1) is 16.1. The van der Waals surface area contributed by atoms with Gasteiger partial charge in [-0.05, 0) is 41.3 Å². The maximum Gasteiger partial charge on any atom is 0.321 e. The Labute approximate surface area is 196 Å². The van der Waals surface area contributed by atoms with E-state index >= 15 is 0 Å². The molecule has 8 nitrogen and oxygen atoms in total. The fraction of sp³-hybridized carbons (Fsp3) is 0.250. The van der Waals surface area contributed by atoms with Gasteiger partial charge < -0.3 is 20.4 Å². The topological polar surface area (TPSA) is 101 Å². The number of carbonyl (C=O) groups excluding carboxylic acids is 2. The van der Waals surface area contributed by atoms with Gasteiger partial charge in [0.05, 0.1) is 24.6 Å². The van der Waals surface area contributed by atoms with E-state index in [1.165, 1.54) is 0 Å². The number of nitriles is 1. The summed E-state index contributed by atoms with van der Waals surface area (Å²) in [5.74, 6) is 0.473. The largest absolute Gasteiger partial charge is 0.352 e. The van der Waals surface area contributed by atoms with Crippen LogP contribution in [-0.4, -0.2) is 48.0 Å². The Balaban J connectivity index is 1.33. The molecule has 1 fully saturated rings. The van der Waals surface area contributed by atoms with Crippen LogP contribution in [0.5, 0.6) is 0 Å². The Hall–Kier alpha value is -3.90. The van der Waals surface area contributed by atoms with Crippen molar-refractivity contribution >= 4 is 34.8 Å². The summed E-state index contributed by atoms with van der Waals surface area (Å²) in [5, 5.41) is 16.6. The van der Waals surface area contributed by atoms with Crippen molar-refractivity contribution in [2.45, 2.75) is 13.0 Å². The van der Waals surface area contributed by atoms with Crippen molar-refractivity contribution in [3.63, 3.8) is 0 Å². The predicted octanol–water partition coefficient (Wildman–Crippen LogP) is 3.49. The summed E-state index contributed by atoms with van der Waals surface area (Å²) in [4.78, 5) is 34.8. The van der Waals surface area contributed by atoms with Crippen molar-refractivity contribution in [1.82, 2.24) is 15.2 Å². The van der Waals surface area contributed by atoms with Crippen LogP contribution in [0, 0.1) is 11.3 Å². The molecule has 0 bridgehead atoms. The normalized spacial score (nSPS) is 13.3. The molecule has 2 N–H and O–H groups in total. The minimum absolute atomic E-state index is 0.161. The third-order valence-corrected chi connectivity index (χ3v) is 6.27. The first-order valence-corrected chi connectivity index (χ1v) is 11.5. The summed E-state index contributed by atoms with van der Waals surface area (Å²) in [6.45, 7) is 2.68. The van der Waals surface area contributed by atoms with Crippen LogP contribution in [0.1, 0.15) is 20.8 Å². The minimum Gasteiger partial charge on any atom is -0.352 e. The van der Waals surface area contributed by atoms with E-state index in [0.717, 1.165) is 10.4 Å². The van der Waals surface area contributed by atoms with Crippen LogP contribution in [0.2, 0.25) is 0 Å². The van der Waals surface area contributed by atoms with Crippen LogP contribution in [0.25, 0.3) is 0 Å². The van der Waals surface area contributed by atoms with E-state index in [1.807, 2.05) is 34.5 Å². The first-order valence-electron chi connectivity index (χ1n) is 10.7. The molecule has 9 heteroatoms. The van der Waals surface area contributed by atoms with Gasteiger partial charge in [-0.2, -0.15) is 5.26 Å². The van der Waals surface area contributed by atoms with Gasteiger partial charge in [-0.25, -0.2) is 9.78 Å². The average molecular weight is 461 g/mol. The molecule has 168 valence electrons. The Bertz CT molecular complexity index is 1130. The number of amides is 3. The molecule has 0 unspecified atom stereocenters. The number of rotatable bonds is 6. The first kappa shape index (κ1) is 22.3. The predicted molar refractivity (Wildman–Crippen MR) is 128 cm³/mol. The van der Waals surface area contributed by atoms with Crippen molar-refractivity contribution in [2.75, 3.05) is 36.4 Å². The van der Waals surface area contributed by atoms with Gasteiger partial charge in [0.1, 0.15) is 5.82 Å². The zero-order valence-corrected chi connectivity index (χ0v) is 18.8. The lowest BCUT2D eigenvalue weighted by Gasteiger charge is -2.36. The quantitative estimate of drug-likeness (QED) is 0.586. The highest BCUT2D eigenvalue weighted by Crippen LogP contribution is 2.20. The Morgan fingerprint density at radius 1 is 1.06 bits per heavy atom. The summed E-state index contributed by atoms with van der Waals surface area (Å²) in [5.41, 5.74) is 2.14. The molecular weight excluding hydrogens is 436 g/mol. The van der Waals surface area contributed by atoms with Gasteiger partial charge in [0, 0.05) is 42.9 Å². The summed E-state index contributed by atoms with van der Waals surface area (Å²) in [7, 11) is 0. The molecule has 0 aliphatic carbocycles. The molecule has 3 aromatic rings. The second kappa shape index (κ2) is 10.6. The van der Waals surface area contributed by atoms with E-state index < -0.39 is 0 Å². The molecule has 2 aromatic heterocycles. The number of piperazine rings is 1. The highest BCUT2D eigenvalue weighted by molar-refractivity contribution is 7.09. The van der Waals surface area contributed by atoms with Gasteiger partial charge >= 0.3 is 6.03 Å². The molecule has 4 rings (SSSR count). The number of aromatic nitrogens is 1. The van der Waals surface area contributed by atoms with E-state index in [1.54, 1.807) is 46.7 Å².